The van der Waals surface area contributed by atoms with Gasteiger partial charge in [-0.3, -0.25) is 9.89 Å². The molecule has 0 unspecified atom stereocenters. The molecule has 0 aliphatic rings. The first-order valence-corrected chi connectivity index (χ1v) is 6.06. The van der Waals surface area contributed by atoms with Gasteiger partial charge in [0.25, 0.3) is 5.91 Å². The van der Waals surface area contributed by atoms with E-state index in [1.54, 1.807) is 19.9 Å². The van der Waals surface area contributed by atoms with Crippen LogP contribution in [0.15, 0.2) is 22.7 Å². The van der Waals surface area contributed by atoms with Gasteiger partial charge >= 0.3 is 0 Å². The van der Waals surface area contributed by atoms with Crippen molar-refractivity contribution in [3.63, 3.8) is 0 Å². The number of halogens is 2. The first kappa shape index (κ1) is 12.8. The van der Waals surface area contributed by atoms with E-state index in [4.69, 9.17) is 0 Å². The number of benzene rings is 1. The first-order valence-electron chi connectivity index (χ1n) is 5.27. The highest BCUT2D eigenvalue weighted by Gasteiger charge is 2.15. The molecule has 2 rings (SSSR count). The molecule has 0 aliphatic heterocycles. The number of hydrogen-bond donors (Lipinski definition) is 2. The van der Waals surface area contributed by atoms with Gasteiger partial charge in [0.1, 0.15) is 5.82 Å². The van der Waals surface area contributed by atoms with Crippen LogP contribution in [-0.4, -0.2) is 16.1 Å². The summed E-state index contributed by atoms with van der Waals surface area (Å²) < 4.78 is 14.2. The summed E-state index contributed by atoms with van der Waals surface area (Å²) in [6.07, 6.45) is 0. The lowest BCUT2D eigenvalue weighted by atomic mass is 10.2. The number of carbonyl (C=O) groups is 1. The van der Waals surface area contributed by atoms with Crippen LogP contribution in [0.5, 0.6) is 0 Å². The fourth-order valence-electron chi connectivity index (χ4n) is 1.59. The van der Waals surface area contributed by atoms with Crippen molar-refractivity contribution in [2.45, 2.75) is 13.8 Å². The number of hydrogen-bond acceptors (Lipinski definition) is 2. The zero-order chi connectivity index (χ0) is 13.3. The molecule has 1 aromatic heterocycles. The Labute approximate surface area is 112 Å². The largest absolute Gasteiger partial charge is 0.319 e. The van der Waals surface area contributed by atoms with Crippen LogP contribution < -0.4 is 5.32 Å². The van der Waals surface area contributed by atoms with Gasteiger partial charge in [-0.1, -0.05) is 15.9 Å². The van der Waals surface area contributed by atoms with Crippen LogP contribution in [0.1, 0.15) is 21.7 Å². The summed E-state index contributed by atoms with van der Waals surface area (Å²) in [5.41, 5.74) is 1.98. The Kier molecular flexibility index (Phi) is 3.47. The minimum atomic E-state index is -0.569. The van der Waals surface area contributed by atoms with Crippen LogP contribution in [0, 0.1) is 19.7 Å². The van der Waals surface area contributed by atoms with Crippen LogP contribution >= 0.6 is 15.9 Å². The highest BCUT2D eigenvalue weighted by atomic mass is 79.9. The molecule has 0 fully saturated rings. The molecule has 4 nitrogen and oxygen atoms in total. The van der Waals surface area contributed by atoms with Crippen LogP contribution in [0.25, 0.3) is 0 Å². The normalized spacial score (nSPS) is 10.4. The van der Waals surface area contributed by atoms with Gasteiger partial charge in [-0.2, -0.15) is 5.10 Å². The molecule has 0 atom stereocenters. The molecule has 1 amide bonds. The number of amides is 1. The lowest BCUT2D eigenvalue weighted by Crippen LogP contribution is -2.14. The van der Waals surface area contributed by atoms with Gasteiger partial charge in [0.15, 0.2) is 0 Å². The molecule has 0 saturated carbocycles. The summed E-state index contributed by atoms with van der Waals surface area (Å²) in [6.45, 7) is 3.55. The SMILES string of the molecule is Cc1n[nH]c(C)c1NC(=O)c1ccc(Br)cc1F. The highest BCUT2D eigenvalue weighted by Crippen LogP contribution is 2.20. The third-order valence-corrected chi connectivity index (χ3v) is 3.04. The molecule has 6 heteroatoms. The van der Waals surface area contributed by atoms with Crippen molar-refractivity contribution in [2.24, 2.45) is 0 Å². The summed E-state index contributed by atoms with van der Waals surface area (Å²) in [4.78, 5) is 11.9. The maximum absolute atomic E-state index is 13.6. The van der Waals surface area contributed by atoms with E-state index in [1.165, 1.54) is 12.1 Å². The number of aromatic amines is 1. The van der Waals surface area contributed by atoms with Crippen LogP contribution in [0.2, 0.25) is 0 Å². The van der Waals surface area contributed by atoms with E-state index < -0.39 is 11.7 Å². The van der Waals surface area contributed by atoms with Crippen LogP contribution in [-0.2, 0) is 0 Å². The molecule has 2 aromatic rings. The van der Waals surface area contributed by atoms with E-state index in [0.717, 1.165) is 5.69 Å². The van der Waals surface area contributed by atoms with Crippen LogP contribution in [0.3, 0.4) is 0 Å². The first-order chi connectivity index (χ1) is 8.49. The molecular formula is C12H11BrFN3O. The molecule has 1 aromatic carbocycles. The summed E-state index contributed by atoms with van der Waals surface area (Å²) in [5, 5.41) is 9.36. The second-order valence-corrected chi connectivity index (χ2v) is 4.80. The van der Waals surface area contributed by atoms with Gasteiger partial charge in [0, 0.05) is 4.47 Å². The minimum absolute atomic E-state index is 0.00167. The average molecular weight is 312 g/mol. The number of anilines is 1. The smallest absolute Gasteiger partial charge is 0.258 e. The van der Waals surface area contributed by atoms with E-state index in [0.29, 0.717) is 15.9 Å². The number of rotatable bonds is 2. The number of nitrogens with zero attached hydrogens (tertiary/aromatic N) is 1. The van der Waals surface area contributed by atoms with Gasteiger partial charge in [0.05, 0.1) is 22.6 Å². The summed E-state index contributed by atoms with van der Waals surface area (Å²) >= 11 is 3.14. The van der Waals surface area contributed by atoms with Crippen molar-refractivity contribution in [2.75, 3.05) is 5.32 Å². The number of carbonyl (C=O) groups excluding carboxylic acids is 1. The summed E-state index contributed by atoms with van der Waals surface area (Å²) in [5.74, 6) is -1.06. The zero-order valence-corrected chi connectivity index (χ0v) is 11.4. The van der Waals surface area contributed by atoms with Crippen LogP contribution in [0.4, 0.5) is 10.1 Å². The molecule has 0 spiro atoms. The summed E-state index contributed by atoms with van der Waals surface area (Å²) in [6, 6.07) is 4.30. The molecule has 1 heterocycles. The monoisotopic (exact) mass is 311 g/mol. The molecule has 18 heavy (non-hydrogen) atoms. The number of H-pyrrole nitrogens is 1. The Morgan fingerprint density at radius 1 is 1.44 bits per heavy atom. The van der Waals surface area contributed by atoms with Crippen molar-refractivity contribution in [3.05, 3.63) is 45.4 Å². The van der Waals surface area contributed by atoms with Crippen molar-refractivity contribution in [1.82, 2.24) is 10.2 Å². The van der Waals surface area contributed by atoms with E-state index in [-0.39, 0.29) is 5.56 Å². The molecule has 0 radical (unpaired) electrons. The molecule has 2 N–H and O–H groups in total. The van der Waals surface area contributed by atoms with E-state index in [1.807, 2.05) is 0 Å². The number of aryl methyl sites for hydroxylation is 2. The predicted octanol–water partition coefficient (Wildman–Crippen LogP) is 3.18. The Morgan fingerprint density at radius 3 is 2.72 bits per heavy atom. The van der Waals surface area contributed by atoms with Gasteiger partial charge < -0.3 is 5.32 Å². The van der Waals surface area contributed by atoms with Crippen molar-refractivity contribution >= 4 is 27.5 Å². The Hall–Kier alpha value is -1.69. The maximum atomic E-state index is 13.6. The van der Waals surface area contributed by atoms with Crippen molar-refractivity contribution < 1.29 is 9.18 Å². The van der Waals surface area contributed by atoms with Crippen molar-refractivity contribution in [1.29, 1.82) is 0 Å². The fraction of sp³-hybridized carbons (Fsp3) is 0.167. The quantitative estimate of drug-likeness (QED) is 0.895. The molecular weight excluding hydrogens is 301 g/mol. The third-order valence-electron chi connectivity index (χ3n) is 2.54. The van der Waals surface area contributed by atoms with Gasteiger partial charge in [-0.05, 0) is 32.0 Å². The van der Waals surface area contributed by atoms with Gasteiger partial charge in [0.2, 0.25) is 0 Å². The molecule has 0 saturated heterocycles. The highest BCUT2D eigenvalue weighted by molar-refractivity contribution is 9.10. The molecule has 94 valence electrons. The van der Waals surface area contributed by atoms with Gasteiger partial charge in [-0.15, -0.1) is 0 Å². The lowest BCUT2D eigenvalue weighted by Gasteiger charge is -2.06. The minimum Gasteiger partial charge on any atom is -0.319 e. The third kappa shape index (κ3) is 2.43. The van der Waals surface area contributed by atoms with E-state index >= 15 is 0 Å². The van der Waals surface area contributed by atoms with Gasteiger partial charge in [-0.25, -0.2) is 4.39 Å². The molecule has 0 aliphatic carbocycles. The Balaban J connectivity index is 2.28. The zero-order valence-electron chi connectivity index (χ0n) is 9.84. The van der Waals surface area contributed by atoms with E-state index in [2.05, 4.69) is 31.4 Å². The average Bonchev–Trinajstić information content (AvgIpc) is 2.60. The lowest BCUT2D eigenvalue weighted by molar-refractivity contribution is 0.102. The number of aromatic nitrogens is 2. The predicted molar refractivity (Wildman–Crippen MR) is 70.1 cm³/mol. The second kappa shape index (κ2) is 4.89. The topological polar surface area (TPSA) is 57.8 Å². The Bertz CT molecular complexity index is 590. The molecule has 0 bridgehead atoms. The summed E-state index contributed by atoms with van der Waals surface area (Å²) in [7, 11) is 0. The second-order valence-electron chi connectivity index (χ2n) is 3.89. The standard InChI is InChI=1S/C12H11BrFN3O/c1-6-11(7(2)17-16-6)15-12(18)9-4-3-8(13)5-10(9)14/h3-5H,1-2H3,(H,15,18)(H,16,17). The number of nitrogens with one attached hydrogen (secondary N) is 2. The fourth-order valence-corrected chi connectivity index (χ4v) is 1.92. The van der Waals surface area contributed by atoms with E-state index in [9.17, 15) is 9.18 Å². The Morgan fingerprint density at radius 2 is 2.17 bits per heavy atom. The maximum Gasteiger partial charge on any atom is 0.258 e. The van der Waals surface area contributed by atoms with Crippen molar-refractivity contribution in [3.8, 4) is 0 Å².